The number of urea groups is 1. The monoisotopic (exact) mass is 392 g/mol. The van der Waals surface area contributed by atoms with Crippen molar-refractivity contribution in [3.8, 4) is 11.5 Å². The number of unbranched alkanes of at least 4 members (excludes halogenated alkanes) is 1. The summed E-state index contributed by atoms with van der Waals surface area (Å²) in [5, 5.41) is 2.52. The van der Waals surface area contributed by atoms with Crippen LogP contribution < -0.4 is 19.5 Å². The van der Waals surface area contributed by atoms with Crippen molar-refractivity contribution in [1.82, 2.24) is 10.0 Å². The Balaban J connectivity index is 1.85. The van der Waals surface area contributed by atoms with Crippen molar-refractivity contribution in [2.24, 2.45) is 0 Å². The van der Waals surface area contributed by atoms with Crippen molar-refractivity contribution in [3.63, 3.8) is 0 Å². The lowest BCUT2D eigenvalue weighted by atomic mass is 10.2. The lowest BCUT2D eigenvalue weighted by Crippen LogP contribution is -2.39. The van der Waals surface area contributed by atoms with Crippen LogP contribution in [-0.2, 0) is 16.6 Å². The molecule has 8 heteroatoms. The van der Waals surface area contributed by atoms with Gasteiger partial charge >= 0.3 is 6.03 Å². The van der Waals surface area contributed by atoms with Crippen LogP contribution in [0, 0.1) is 0 Å². The van der Waals surface area contributed by atoms with Gasteiger partial charge in [-0.25, -0.2) is 17.9 Å². The smallest absolute Gasteiger partial charge is 0.328 e. The SMILES string of the molecule is CCCCOc1ccc(CNC(=O)NS(=O)(=O)c2ccc(OC)cc2)cc1. The van der Waals surface area contributed by atoms with E-state index in [9.17, 15) is 13.2 Å². The van der Waals surface area contributed by atoms with Crippen molar-refractivity contribution in [1.29, 1.82) is 0 Å². The summed E-state index contributed by atoms with van der Waals surface area (Å²) in [4.78, 5) is 11.9. The van der Waals surface area contributed by atoms with Crippen molar-refractivity contribution in [2.45, 2.75) is 31.2 Å². The van der Waals surface area contributed by atoms with E-state index in [1.54, 1.807) is 0 Å². The average Bonchev–Trinajstić information content (AvgIpc) is 2.67. The van der Waals surface area contributed by atoms with E-state index < -0.39 is 16.1 Å². The normalized spacial score (nSPS) is 10.9. The summed E-state index contributed by atoms with van der Waals surface area (Å²) in [6, 6.07) is 12.2. The van der Waals surface area contributed by atoms with Gasteiger partial charge in [-0.05, 0) is 48.4 Å². The fraction of sp³-hybridized carbons (Fsp3) is 0.316. The summed E-state index contributed by atoms with van der Waals surface area (Å²) in [6.45, 7) is 2.96. The molecule has 0 aliphatic heterocycles. The Morgan fingerprint density at radius 1 is 1.00 bits per heavy atom. The first-order valence-corrected chi connectivity index (χ1v) is 10.1. The topological polar surface area (TPSA) is 93.7 Å². The van der Waals surface area contributed by atoms with Crippen molar-refractivity contribution >= 4 is 16.1 Å². The Hall–Kier alpha value is -2.74. The lowest BCUT2D eigenvalue weighted by molar-refractivity contribution is 0.245. The van der Waals surface area contributed by atoms with Crippen LogP contribution in [0.1, 0.15) is 25.3 Å². The van der Waals surface area contributed by atoms with Gasteiger partial charge in [0.1, 0.15) is 11.5 Å². The number of benzene rings is 2. The second-order valence-electron chi connectivity index (χ2n) is 5.81. The zero-order chi connectivity index (χ0) is 19.7. The molecule has 146 valence electrons. The number of hydrogen-bond acceptors (Lipinski definition) is 5. The van der Waals surface area contributed by atoms with E-state index in [-0.39, 0.29) is 11.4 Å². The maximum absolute atomic E-state index is 12.2. The predicted molar refractivity (Wildman–Crippen MR) is 102 cm³/mol. The second-order valence-corrected chi connectivity index (χ2v) is 7.49. The van der Waals surface area contributed by atoms with Crippen LogP contribution >= 0.6 is 0 Å². The molecule has 0 unspecified atom stereocenters. The van der Waals surface area contributed by atoms with Crippen LogP contribution in [0.3, 0.4) is 0 Å². The average molecular weight is 392 g/mol. The Bertz CT molecular complexity index is 833. The number of carbonyl (C=O) groups excluding carboxylic acids is 1. The number of sulfonamides is 1. The highest BCUT2D eigenvalue weighted by atomic mass is 32.2. The number of methoxy groups -OCH3 is 1. The van der Waals surface area contributed by atoms with E-state index in [2.05, 4.69) is 12.2 Å². The third-order valence-corrected chi connectivity index (χ3v) is 5.09. The van der Waals surface area contributed by atoms with Crippen molar-refractivity contribution in [2.75, 3.05) is 13.7 Å². The zero-order valence-electron chi connectivity index (χ0n) is 15.4. The van der Waals surface area contributed by atoms with Gasteiger partial charge in [-0.3, -0.25) is 0 Å². The molecule has 0 saturated carbocycles. The van der Waals surface area contributed by atoms with Crippen LogP contribution in [0.5, 0.6) is 11.5 Å². The summed E-state index contributed by atoms with van der Waals surface area (Å²) in [5.74, 6) is 1.29. The zero-order valence-corrected chi connectivity index (χ0v) is 16.2. The fourth-order valence-corrected chi connectivity index (χ4v) is 3.12. The first-order chi connectivity index (χ1) is 12.9. The molecule has 0 aliphatic carbocycles. The van der Waals surface area contributed by atoms with E-state index in [0.29, 0.717) is 12.4 Å². The molecule has 2 aromatic carbocycles. The van der Waals surface area contributed by atoms with E-state index in [0.717, 1.165) is 24.2 Å². The first kappa shape index (κ1) is 20.6. The van der Waals surface area contributed by atoms with Gasteiger partial charge < -0.3 is 14.8 Å². The molecule has 0 saturated heterocycles. The van der Waals surface area contributed by atoms with Crippen LogP contribution in [0.25, 0.3) is 0 Å². The van der Waals surface area contributed by atoms with E-state index in [1.165, 1.54) is 31.4 Å². The van der Waals surface area contributed by atoms with Gasteiger partial charge in [0.25, 0.3) is 10.0 Å². The molecule has 0 bridgehead atoms. The van der Waals surface area contributed by atoms with Gasteiger partial charge in [-0.1, -0.05) is 25.5 Å². The fourth-order valence-electron chi connectivity index (χ4n) is 2.19. The van der Waals surface area contributed by atoms with E-state index in [1.807, 2.05) is 29.0 Å². The Kier molecular flexibility index (Phi) is 7.48. The van der Waals surface area contributed by atoms with Crippen LogP contribution in [0.15, 0.2) is 53.4 Å². The number of nitrogens with one attached hydrogen (secondary N) is 2. The third kappa shape index (κ3) is 6.49. The minimum Gasteiger partial charge on any atom is -0.497 e. The minimum absolute atomic E-state index is 0.0213. The lowest BCUT2D eigenvalue weighted by Gasteiger charge is -2.10. The number of rotatable bonds is 9. The number of carbonyl (C=O) groups is 1. The van der Waals surface area contributed by atoms with Crippen molar-refractivity contribution < 1.29 is 22.7 Å². The molecule has 0 atom stereocenters. The maximum Gasteiger partial charge on any atom is 0.328 e. The molecule has 2 aromatic rings. The molecule has 0 aliphatic rings. The highest BCUT2D eigenvalue weighted by Crippen LogP contribution is 2.15. The number of hydrogen-bond donors (Lipinski definition) is 2. The van der Waals surface area contributed by atoms with Crippen LogP contribution in [-0.4, -0.2) is 28.2 Å². The van der Waals surface area contributed by atoms with Gasteiger partial charge in [0, 0.05) is 6.54 Å². The molecule has 2 rings (SSSR count). The van der Waals surface area contributed by atoms with Gasteiger partial charge in [-0.2, -0.15) is 0 Å². The maximum atomic E-state index is 12.2. The predicted octanol–water partition coefficient (Wildman–Crippen LogP) is 3.06. The standard InChI is InChI=1S/C19H24N2O5S/c1-3-4-13-26-17-7-5-15(6-8-17)14-20-19(22)21-27(23,24)18-11-9-16(25-2)10-12-18/h5-12H,3-4,13-14H2,1-2H3,(H2,20,21,22). The minimum atomic E-state index is -3.95. The van der Waals surface area contributed by atoms with Gasteiger partial charge in [-0.15, -0.1) is 0 Å². The van der Waals surface area contributed by atoms with Crippen LogP contribution in [0.2, 0.25) is 0 Å². The highest BCUT2D eigenvalue weighted by Gasteiger charge is 2.17. The molecule has 0 fully saturated rings. The highest BCUT2D eigenvalue weighted by molar-refractivity contribution is 7.90. The summed E-state index contributed by atoms with van der Waals surface area (Å²) >= 11 is 0. The molecule has 27 heavy (non-hydrogen) atoms. The van der Waals surface area contributed by atoms with Gasteiger partial charge in [0.15, 0.2) is 0 Å². The quantitative estimate of drug-likeness (QED) is 0.640. The molecule has 2 amide bonds. The Labute approximate surface area is 159 Å². The molecule has 2 N–H and O–H groups in total. The van der Waals surface area contributed by atoms with Gasteiger partial charge in [0.2, 0.25) is 0 Å². The largest absolute Gasteiger partial charge is 0.497 e. The van der Waals surface area contributed by atoms with Crippen LogP contribution in [0.4, 0.5) is 4.79 Å². The molecular formula is C19H24N2O5S. The van der Waals surface area contributed by atoms with Crippen molar-refractivity contribution in [3.05, 3.63) is 54.1 Å². The molecular weight excluding hydrogens is 368 g/mol. The Morgan fingerprint density at radius 3 is 2.22 bits per heavy atom. The molecule has 0 radical (unpaired) electrons. The molecule has 0 spiro atoms. The third-order valence-electron chi connectivity index (χ3n) is 3.74. The first-order valence-electron chi connectivity index (χ1n) is 8.61. The number of ether oxygens (including phenoxy) is 2. The summed E-state index contributed by atoms with van der Waals surface area (Å²) in [5.41, 5.74) is 0.829. The van der Waals surface area contributed by atoms with E-state index in [4.69, 9.17) is 9.47 Å². The van der Waals surface area contributed by atoms with E-state index >= 15 is 0 Å². The summed E-state index contributed by atoms with van der Waals surface area (Å²) < 4.78 is 36.9. The summed E-state index contributed by atoms with van der Waals surface area (Å²) in [7, 11) is -2.46. The molecule has 0 heterocycles. The second kappa shape index (κ2) is 9.82. The summed E-state index contributed by atoms with van der Waals surface area (Å²) in [6.07, 6.45) is 2.06. The van der Waals surface area contributed by atoms with Gasteiger partial charge in [0.05, 0.1) is 18.6 Å². The molecule has 0 aromatic heterocycles. The molecule has 7 nitrogen and oxygen atoms in total. The number of amides is 2. The Morgan fingerprint density at radius 2 is 1.63 bits per heavy atom.